The van der Waals surface area contributed by atoms with Gasteiger partial charge >= 0.3 is 0 Å². The monoisotopic (exact) mass is 313 g/mol. The van der Waals surface area contributed by atoms with Crippen LogP contribution in [0.5, 0.6) is 0 Å². The van der Waals surface area contributed by atoms with E-state index in [1.54, 1.807) is 6.07 Å². The average Bonchev–Trinajstić information content (AvgIpc) is 2.31. The molecule has 94 valence electrons. The number of benzene rings is 1. The first-order valence-corrected chi connectivity index (χ1v) is 5.90. The predicted octanol–water partition coefficient (Wildman–Crippen LogP) is 3.76. The zero-order chi connectivity index (χ0) is 13.3. The standard InChI is InChI=1S/C12H10BrF2N3/c1-6-2-12(17-5-10(6)16)18-11-3-7(13)8(14)4-9(11)15/h2-5H,16H2,1H3,(H,17,18). The van der Waals surface area contributed by atoms with E-state index in [9.17, 15) is 8.78 Å². The van der Waals surface area contributed by atoms with Crippen LogP contribution < -0.4 is 11.1 Å². The van der Waals surface area contributed by atoms with E-state index in [-0.39, 0.29) is 10.2 Å². The van der Waals surface area contributed by atoms with Crippen LogP contribution in [0.15, 0.2) is 28.9 Å². The summed E-state index contributed by atoms with van der Waals surface area (Å²) in [6.07, 6.45) is 1.48. The van der Waals surface area contributed by atoms with Crippen LogP contribution in [0.25, 0.3) is 0 Å². The van der Waals surface area contributed by atoms with Crippen molar-refractivity contribution in [2.45, 2.75) is 6.92 Å². The molecule has 0 saturated carbocycles. The maximum absolute atomic E-state index is 13.5. The molecule has 1 aromatic carbocycles. The first kappa shape index (κ1) is 12.8. The number of hydrogen-bond acceptors (Lipinski definition) is 3. The molecule has 0 amide bonds. The summed E-state index contributed by atoms with van der Waals surface area (Å²) in [5, 5.41) is 2.77. The van der Waals surface area contributed by atoms with Crippen LogP contribution in [0.3, 0.4) is 0 Å². The molecule has 0 saturated heterocycles. The molecule has 3 nitrogen and oxygen atoms in total. The molecular weight excluding hydrogens is 304 g/mol. The molecule has 0 aliphatic carbocycles. The van der Waals surface area contributed by atoms with Crippen LogP contribution in [0.1, 0.15) is 5.56 Å². The van der Waals surface area contributed by atoms with Gasteiger partial charge in [-0.25, -0.2) is 13.8 Å². The minimum absolute atomic E-state index is 0.139. The molecule has 2 aromatic rings. The van der Waals surface area contributed by atoms with Crippen LogP contribution in [0.4, 0.5) is 26.0 Å². The number of aryl methyl sites for hydroxylation is 1. The predicted molar refractivity (Wildman–Crippen MR) is 70.7 cm³/mol. The van der Waals surface area contributed by atoms with E-state index in [0.29, 0.717) is 11.5 Å². The number of nitrogen functional groups attached to an aromatic ring is 1. The Balaban J connectivity index is 2.34. The van der Waals surface area contributed by atoms with Crippen molar-refractivity contribution >= 4 is 33.1 Å². The topological polar surface area (TPSA) is 50.9 Å². The highest BCUT2D eigenvalue weighted by molar-refractivity contribution is 9.10. The summed E-state index contributed by atoms with van der Waals surface area (Å²) in [5.74, 6) is -0.898. The largest absolute Gasteiger partial charge is 0.397 e. The highest BCUT2D eigenvalue weighted by atomic mass is 79.9. The van der Waals surface area contributed by atoms with Crippen LogP contribution >= 0.6 is 15.9 Å². The summed E-state index contributed by atoms with van der Waals surface area (Å²) in [5.41, 5.74) is 7.16. The molecule has 0 aliphatic rings. The van der Waals surface area contributed by atoms with Crippen LogP contribution in [0, 0.1) is 18.6 Å². The molecule has 18 heavy (non-hydrogen) atoms. The Labute approximate surface area is 111 Å². The van der Waals surface area contributed by atoms with Gasteiger partial charge in [-0.1, -0.05) is 0 Å². The number of nitrogens with two attached hydrogens (primary N) is 1. The van der Waals surface area contributed by atoms with Crippen LogP contribution in [-0.4, -0.2) is 4.98 Å². The molecule has 0 bridgehead atoms. The molecule has 1 aromatic heterocycles. The maximum atomic E-state index is 13.5. The Morgan fingerprint density at radius 3 is 2.61 bits per heavy atom. The van der Waals surface area contributed by atoms with Gasteiger partial charge in [-0.3, -0.25) is 0 Å². The number of halogens is 3. The second-order valence-corrected chi connectivity index (χ2v) is 4.65. The Hall–Kier alpha value is -1.69. The lowest BCUT2D eigenvalue weighted by Gasteiger charge is -2.09. The van der Waals surface area contributed by atoms with Gasteiger partial charge in [-0.2, -0.15) is 0 Å². The summed E-state index contributed by atoms with van der Waals surface area (Å²) in [4.78, 5) is 4.02. The summed E-state index contributed by atoms with van der Waals surface area (Å²) in [7, 11) is 0. The van der Waals surface area contributed by atoms with Gasteiger partial charge in [0.2, 0.25) is 0 Å². The van der Waals surface area contributed by atoms with Crippen molar-refractivity contribution in [2.24, 2.45) is 0 Å². The third-order valence-corrected chi connectivity index (χ3v) is 3.03. The molecule has 6 heteroatoms. The van der Waals surface area contributed by atoms with E-state index in [1.807, 2.05) is 6.92 Å². The third-order valence-electron chi connectivity index (χ3n) is 2.42. The Morgan fingerprint density at radius 1 is 1.22 bits per heavy atom. The Morgan fingerprint density at radius 2 is 1.94 bits per heavy atom. The number of nitrogens with one attached hydrogen (secondary N) is 1. The number of nitrogens with zero attached hydrogens (tertiary/aromatic N) is 1. The lowest BCUT2D eigenvalue weighted by molar-refractivity contribution is 0.581. The molecule has 0 spiro atoms. The van der Waals surface area contributed by atoms with E-state index in [4.69, 9.17) is 5.73 Å². The Kier molecular flexibility index (Phi) is 3.47. The lowest BCUT2D eigenvalue weighted by atomic mass is 10.2. The van der Waals surface area contributed by atoms with Gasteiger partial charge in [0.25, 0.3) is 0 Å². The zero-order valence-corrected chi connectivity index (χ0v) is 11.1. The Bertz CT molecular complexity index is 602. The number of aromatic nitrogens is 1. The molecule has 0 fully saturated rings. The van der Waals surface area contributed by atoms with E-state index in [2.05, 4.69) is 26.2 Å². The van der Waals surface area contributed by atoms with Crippen LogP contribution in [-0.2, 0) is 0 Å². The quantitative estimate of drug-likeness (QED) is 0.830. The third kappa shape index (κ3) is 2.59. The van der Waals surface area contributed by atoms with Gasteiger partial charge in [0.1, 0.15) is 17.5 Å². The number of pyridine rings is 1. The van der Waals surface area contributed by atoms with Gasteiger partial charge in [0, 0.05) is 6.07 Å². The summed E-state index contributed by atoms with van der Waals surface area (Å²) >= 11 is 3.00. The van der Waals surface area contributed by atoms with Gasteiger partial charge in [0.05, 0.1) is 22.0 Å². The van der Waals surface area contributed by atoms with Crippen molar-refractivity contribution in [3.05, 3.63) is 46.1 Å². The molecule has 1 heterocycles. The SMILES string of the molecule is Cc1cc(Nc2cc(Br)c(F)cc2F)ncc1N. The van der Waals surface area contributed by atoms with E-state index in [1.165, 1.54) is 12.3 Å². The normalized spacial score (nSPS) is 10.4. The summed E-state index contributed by atoms with van der Waals surface area (Å²) in [6, 6.07) is 3.81. The summed E-state index contributed by atoms with van der Waals surface area (Å²) in [6.45, 7) is 1.82. The minimum Gasteiger partial charge on any atom is -0.397 e. The van der Waals surface area contributed by atoms with Gasteiger partial charge < -0.3 is 11.1 Å². The fourth-order valence-electron chi connectivity index (χ4n) is 1.39. The van der Waals surface area contributed by atoms with Crippen molar-refractivity contribution in [2.75, 3.05) is 11.1 Å². The highest BCUT2D eigenvalue weighted by Crippen LogP contribution is 2.26. The van der Waals surface area contributed by atoms with Crippen molar-refractivity contribution in [1.29, 1.82) is 0 Å². The smallest absolute Gasteiger partial charge is 0.149 e. The van der Waals surface area contributed by atoms with Gasteiger partial charge in [0.15, 0.2) is 0 Å². The zero-order valence-electron chi connectivity index (χ0n) is 9.47. The molecule has 0 unspecified atom stereocenters. The van der Waals surface area contributed by atoms with E-state index < -0.39 is 11.6 Å². The summed E-state index contributed by atoms with van der Waals surface area (Å²) < 4.78 is 26.8. The van der Waals surface area contributed by atoms with Crippen molar-refractivity contribution < 1.29 is 8.78 Å². The van der Waals surface area contributed by atoms with Crippen molar-refractivity contribution in [3.8, 4) is 0 Å². The molecule has 0 radical (unpaired) electrons. The average molecular weight is 314 g/mol. The first-order valence-electron chi connectivity index (χ1n) is 5.11. The second kappa shape index (κ2) is 4.89. The molecule has 3 N–H and O–H groups in total. The highest BCUT2D eigenvalue weighted by Gasteiger charge is 2.09. The van der Waals surface area contributed by atoms with Crippen molar-refractivity contribution in [1.82, 2.24) is 4.98 Å². The first-order chi connectivity index (χ1) is 8.47. The fraction of sp³-hybridized carbons (Fsp3) is 0.0833. The van der Waals surface area contributed by atoms with E-state index >= 15 is 0 Å². The second-order valence-electron chi connectivity index (χ2n) is 3.80. The number of anilines is 3. The van der Waals surface area contributed by atoms with Crippen molar-refractivity contribution in [3.63, 3.8) is 0 Å². The lowest BCUT2D eigenvalue weighted by Crippen LogP contribution is -1.99. The van der Waals surface area contributed by atoms with Gasteiger partial charge in [-0.15, -0.1) is 0 Å². The maximum Gasteiger partial charge on any atom is 0.149 e. The molecule has 0 aliphatic heterocycles. The van der Waals surface area contributed by atoms with Gasteiger partial charge in [-0.05, 0) is 40.5 Å². The minimum atomic E-state index is -0.688. The fourth-order valence-corrected chi connectivity index (χ4v) is 1.73. The number of rotatable bonds is 2. The molecular formula is C12H10BrF2N3. The molecule has 0 atom stereocenters. The van der Waals surface area contributed by atoms with Crippen LogP contribution in [0.2, 0.25) is 0 Å². The number of hydrogen-bond donors (Lipinski definition) is 2. The molecule has 2 rings (SSSR count). The van der Waals surface area contributed by atoms with E-state index in [0.717, 1.165) is 11.6 Å².